The van der Waals surface area contributed by atoms with E-state index in [1.165, 1.54) is 16.8 Å². The highest BCUT2D eigenvalue weighted by molar-refractivity contribution is 7.89. The van der Waals surface area contributed by atoms with E-state index in [1.54, 1.807) is 11.6 Å². The monoisotopic (exact) mass is 317 g/mol. The lowest BCUT2D eigenvalue weighted by Crippen LogP contribution is -2.41. The molecular weight excluding hydrogens is 294 g/mol. The predicted molar refractivity (Wildman–Crippen MR) is 77.4 cm³/mol. The molecule has 1 aliphatic heterocycles. The summed E-state index contributed by atoms with van der Waals surface area (Å²) in [5.41, 5.74) is 0. The van der Waals surface area contributed by atoms with E-state index in [1.807, 2.05) is 6.92 Å². The molecule has 7 nitrogen and oxygen atoms in total. The standard InChI is InChI=1S/C13H23N3O4S/c1-3-19-8-9-20-12-4-6-16(7-5-12)21(17,18)13-10-15(2)11-14-13/h10-12H,3-9H2,1-2H3. The third-order valence-corrected chi connectivity index (χ3v) is 5.26. The maximum absolute atomic E-state index is 12.4. The average Bonchev–Trinajstić information content (AvgIpc) is 2.91. The highest BCUT2D eigenvalue weighted by Crippen LogP contribution is 2.20. The second-order valence-electron chi connectivity index (χ2n) is 5.05. The topological polar surface area (TPSA) is 73.7 Å². The third kappa shape index (κ3) is 4.26. The van der Waals surface area contributed by atoms with Crippen molar-refractivity contribution in [3.63, 3.8) is 0 Å². The highest BCUT2D eigenvalue weighted by Gasteiger charge is 2.31. The van der Waals surface area contributed by atoms with E-state index in [0.717, 1.165) is 0 Å². The van der Waals surface area contributed by atoms with Crippen LogP contribution >= 0.6 is 0 Å². The summed E-state index contributed by atoms with van der Waals surface area (Å²) in [6.07, 6.45) is 4.55. The van der Waals surface area contributed by atoms with E-state index >= 15 is 0 Å². The van der Waals surface area contributed by atoms with E-state index in [4.69, 9.17) is 9.47 Å². The zero-order valence-corrected chi connectivity index (χ0v) is 13.4. The summed E-state index contributed by atoms with van der Waals surface area (Å²) in [6.45, 7) is 4.72. The summed E-state index contributed by atoms with van der Waals surface area (Å²) in [5, 5.41) is 0.112. The van der Waals surface area contributed by atoms with Crippen molar-refractivity contribution in [1.82, 2.24) is 13.9 Å². The van der Waals surface area contributed by atoms with Crippen molar-refractivity contribution < 1.29 is 17.9 Å². The van der Waals surface area contributed by atoms with Crippen LogP contribution in [-0.2, 0) is 26.5 Å². The molecule has 0 aromatic carbocycles. The number of hydrogen-bond donors (Lipinski definition) is 0. The summed E-state index contributed by atoms with van der Waals surface area (Å²) in [5.74, 6) is 0. The first-order valence-corrected chi connectivity index (χ1v) is 8.65. The molecule has 1 saturated heterocycles. The molecule has 1 aliphatic rings. The van der Waals surface area contributed by atoms with Gasteiger partial charge in [0, 0.05) is 32.9 Å². The summed E-state index contributed by atoms with van der Waals surface area (Å²) in [7, 11) is -1.72. The van der Waals surface area contributed by atoms with Crippen LogP contribution in [0.3, 0.4) is 0 Å². The van der Waals surface area contributed by atoms with Crippen molar-refractivity contribution in [2.75, 3.05) is 32.9 Å². The van der Waals surface area contributed by atoms with Gasteiger partial charge in [-0.25, -0.2) is 13.4 Å². The van der Waals surface area contributed by atoms with Gasteiger partial charge < -0.3 is 14.0 Å². The maximum atomic E-state index is 12.4. The van der Waals surface area contributed by atoms with Crippen LogP contribution in [0.15, 0.2) is 17.6 Å². The fourth-order valence-corrected chi connectivity index (χ4v) is 3.75. The molecule has 0 atom stereocenters. The maximum Gasteiger partial charge on any atom is 0.262 e. The fraction of sp³-hybridized carbons (Fsp3) is 0.769. The van der Waals surface area contributed by atoms with Crippen LogP contribution in [0.1, 0.15) is 19.8 Å². The average molecular weight is 317 g/mol. The SMILES string of the molecule is CCOCCOC1CCN(S(=O)(=O)c2cn(C)cn2)CC1. The molecule has 0 spiro atoms. The number of aromatic nitrogens is 2. The Hall–Kier alpha value is -0.960. The second-order valence-corrected chi connectivity index (χ2v) is 6.93. The summed E-state index contributed by atoms with van der Waals surface area (Å²) in [6, 6.07) is 0. The molecule has 8 heteroatoms. The van der Waals surface area contributed by atoms with Crippen LogP contribution in [0.5, 0.6) is 0 Å². The number of piperidine rings is 1. The van der Waals surface area contributed by atoms with Gasteiger partial charge in [0.15, 0.2) is 5.03 Å². The van der Waals surface area contributed by atoms with E-state index in [0.29, 0.717) is 45.8 Å². The molecule has 0 bridgehead atoms. The molecule has 0 radical (unpaired) electrons. The molecule has 0 amide bonds. The van der Waals surface area contributed by atoms with Crippen LogP contribution in [0, 0.1) is 0 Å². The predicted octanol–water partition coefficient (Wildman–Crippen LogP) is 0.626. The second kappa shape index (κ2) is 7.35. The highest BCUT2D eigenvalue weighted by atomic mass is 32.2. The Balaban J connectivity index is 1.83. The number of sulfonamides is 1. The Bertz CT molecular complexity index is 535. The minimum Gasteiger partial charge on any atom is -0.379 e. The van der Waals surface area contributed by atoms with Crippen molar-refractivity contribution in [2.24, 2.45) is 7.05 Å². The molecule has 2 heterocycles. The largest absolute Gasteiger partial charge is 0.379 e. The smallest absolute Gasteiger partial charge is 0.262 e. The number of ether oxygens (including phenoxy) is 2. The van der Waals surface area contributed by atoms with E-state index in [-0.39, 0.29) is 11.1 Å². The number of rotatable bonds is 7. The van der Waals surface area contributed by atoms with E-state index in [2.05, 4.69) is 4.98 Å². The lowest BCUT2D eigenvalue weighted by molar-refractivity contribution is -0.0121. The Morgan fingerprint density at radius 3 is 2.62 bits per heavy atom. The van der Waals surface area contributed by atoms with Gasteiger partial charge in [0.1, 0.15) is 0 Å². The Morgan fingerprint density at radius 2 is 2.05 bits per heavy atom. The Labute approximate surface area is 125 Å². The first-order chi connectivity index (χ1) is 10.0. The lowest BCUT2D eigenvalue weighted by atomic mass is 10.1. The van der Waals surface area contributed by atoms with Crippen molar-refractivity contribution in [1.29, 1.82) is 0 Å². The van der Waals surface area contributed by atoms with Gasteiger partial charge in [-0.05, 0) is 19.8 Å². The van der Waals surface area contributed by atoms with Gasteiger partial charge in [0.25, 0.3) is 10.0 Å². The van der Waals surface area contributed by atoms with Crippen molar-refractivity contribution in [3.8, 4) is 0 Å². The minimum atomic E-state index is -3.47. The van der Waals surface area contributed by atoms with E-state index in [9.17, 15) is 8.42 Å². The Kier molecular flexibility index (Phi) is 5.74. The number of imidazole rings is 1. The molecule has 0 N–H and O–H groups in total. The van der Waals surface area contributed by atoms with Crippen molar-refractivity contribution in [3.05, 3.63) is 12.5 Å². The van der Waals surface area contributed by atoms with Crippen molar-refractivity contribution >= 4 is 10.0 Å². The first-order valence-electron chi connectivity index (χ1n) is 7.21. The minimum absolute atomic E-state index is 0.112. The molecule has 0 unspecified atom stereocenters. The normalized spacial score (nSPS) is 18.2. The first kappa shape index (κ1) is 16.4. The molecule has 2 rings (SSSR count). The van der Waals surface area contributed by atoms with Gasteiger partial charge in [0.05, 0.1) is 25.6 Å². The zero-order chi connectivity index (χ0) is 15.3. The Morgan fingerprint density at radius 1 is 1.33 bits per heavy atom. The van der Waals surface area contributed by atoms with Gasteiger partial charge in [0.2, 0.25) is 0 Å². The summed E-state index contributed by atoms with van der Waals surface area (Å²) < 4.78 is 38.8. The van der Waals surface area contributed by atoms with Crippen LogP contribution in [-0.4, -0.2) is 61.3 Å². The van der Waals surface area contributed by atoms with Gasteiger partial charge in [-0.15, -0.1) is 0 Å². The molecular formula is C13H23N3O4S. The van der Waals surface area contributed by atoms with Crippen LogP contribution in [0.25, 0.3) is 0 Å². The van der Waals surface area contributed by atoms with Gasteiger partial charge >= 0.3 is 0 Å². The van der Waals surface area contributed by atoms with Crippen LogP contribution in [0.4, 0.5) is 0 Å². The molecule has 0 saturated carbocycles. The van der Waals surface area contributed by atoms with Gasteiger partial charge in [-0.2, -0.15) is 4.31 Å². The zero-order valence-electron chi connectivity index (χ0n) is 12.6. The lowest BCUT2D eigenvalue weighted by Gasteiger charge is -2.30. The summed E-state index contributed by atoms with van der Waals surface area (Å²) in [4.78, 5) is 3.94. The number of nitrogens with zero attached hydrogens (tertiary/aromatic N) is 3. The van der Waals surface area contributed by atoms with Crippen LogP contribution in [0.2, 0.25) is 0 Å². The molecule has 1 fully saturated rings. The molecule has 1 aromatic rings. The summed E-state index contributed by atoms with van der Waals surface area (Å²) >= 11 is 0. The molecule has 120 valence electrons. The van der Waals surface area contributed by atoms with Gasteiger partial charge in [-0.1, -0.05) is 0 Å². The molecule has 0 aliphatic carbocycles. The number of hydrogen-bond acceptors (Lipinski definition) is 5. The number of aryl methyl sites for hydroxylation is 1. The fourth-order valence-electron chi connectivity index (χ4n) is 2.31. The molecule has 1 aromatic heterocycles. The van der Waals surface area contributed by atoms with Crippen LogP contribution < -0.4 is 0 Å². The van der Waals surface area contributed by atoms with Gasteiger partial charge in [-0.3, -0.25) is 0 Å². The quantitative estimate of drug-likeness (QED) is 0.690. The van der Waals surface area contributed by atoms with E-state index < -0.39 is 10.0 Å². The molecule has 21 heavy (non-hydrogen) atoms. The third-order valence-electron chi connectivity index (χ3n) is 3.47. The van der Waals surface area contributed by atoms with Crippen molar-refractivity contribution in [2.45, 2.75) is 30.9 Å².